The second kappa shape index (κ2) is 2.10. The molecule has 78 valence electrons. The van der Waals surface area contributed by atoms with E-state index in [-0.39, 0.29) is 0 Å². The van der Waals surface area contributed by atoms with Crippen molar-refractivity contribution < 1.29 is 4.79 Å². The van der Waals surface area contributed by atoms with E-state index in [1.54, 1.807) is 0 Å². The van der Waals surface area contributed by atoms with Gasteiger partial charge in [-0.05, 0) is 35.0 Å². The second-order valence-electron chi connectivity index (χ2n) is 6.60. The van der Waals surface area contributed by atoms with Crippen LogP contribution >= 0.6 is 0 Å². The Morgan fingerprint density at radius 2 is 1.93 bits per heavy atom. The first-order valence-electron chi connectivity index (χ1n) is 5.96. The average molecular weight is 192 g/mol. The standard InChI is InChI=1S/C13H20O/c1-11(2)5-4-6-12(3)10-7-9(14)8-13(10,11)12/h10H,4-8H2,1-3H3/t10-,12+,13+/m0/s1. The molecule has 0 aromatic heterocycles. The minimum absolute atomic E-state index is 0.412. The summed E-state index contributed by atoms with van der Waals surface area (Å²) in [6.45, 7) is 7.22. The minimum Gasteiger partial charge on any atom is -0.300 e. The van der Waals surface area contributed by atoms with Gasteiger partial charge in [0.15, 0.2) is 0 Å². The molecule has 0 amide bonds. The zero-order valence-electron chi connectivity index (χ0n) is 9.52. The van der Waals surface area contributed by atoms with E-state index in [1.165, 1.54) is 19.3 Å². The highest BCUT2D eigenvalue weighted by molar-refractivity contribution is 5.85. The van der Waals surface area contributed by atoms with Gasteiger partial charge < -0.3 is 0 Å². The maximum Gasteiger partial charge on any atom is 0.133 e. The van der Waals surface area contributed by atoms with Crippen LogP contribution in [-0.2, 0) is 4.79 Å². The monoisotopic (exact) mass is 192 g/mol. The van der Waals surface area contributed by atoms with Crippen LogP contribution < -0.4 is 0 Å². The Kier molecular flexibility index (Phi) is 1.34. The number of fused-ring (bicyclic) bond motifs is 1. The van der Waals surface area contributed by atoms with E-state index in [2.05, 4.69) is 20.8 Å². The van der Waals surface area contributed by atoms with Crippen LogP contribution in [0.25, 0.3) is 0 Å². The summed E-state index contributed by atoms with van der Waals surface area (Å²) in [6, 6.07) is 0. The number of carbonyl (C=O) groups is 1. The molecule has 3 saturated carbocycles. The molecule has 0 unspecified atom stereocenters. The Morgan fingerprint density at radius 1 is 1.21 bits per heavy atom. The average Bonchev–Trinajstić information content (AvgIpc) is 2.46. The molecular weight excluding hydrogens is 172 g/mol. The molecule has 3 aliphatic carbocycles. The molecule has 0 radical (unpaired) electrons. The zero-order chi connectivity index (χ0) is 10.2. The van der Waals surface area contributed by atoms with Crippen molar-refractivity contribution in [2.24, 2.45) is 22.2 Å². The van der Waals surface area contributed by atoms with Gasteiger partial charge in [0.2, 0.25) is 0 Å². The number of rotatable bonds is 0. The predicted molar refractivity (Wildman–Crippen MR) is 55.9 cm³/mol. The number of hydrogen-bond donors (Lipinski definition) is 0. The van der Waals surface area contributed by atoms with Gasteiger partial charge in [0, 0.05) is 12.8 Å². The van der Waals surface area contributed by atoms with E-state index in [1.807, 2.05) is 0 Å². The normalized spacial score (nSPS) is 53.9. The fraction of sp³-hybridized carbons (Fsp3) is 0.923. The molecule has 1 nitrogen and oxygen atoms in total. The van der Waals surface area contributed by atoms with E-state index >= 15 is 0 Å². The number of Topliss-reactive ketones (excluding diaryl/α,β-unsaturated/α-hetero) is 1. The first-order chi connectivity index (χ1) is 6.44. The van der Waals surface area contributed by atoms with Crippen LogP contribution in [0.4, 0.5) is 0 Å². The molecule has 0 bridgehead atoms. The molecule has 3 fully saturated rings. The summed E-state index contributed by atoms with van der Waals surface area (Å²) in [6.07, 6.45) is 5.85. The number of carbonyl (C=O) groups excluding carboxylic acids is 1. The van der Waals surface area contributed by atoms with Gasteiger partial charge in [-0.15, -0.1) is 0 Å². The molecule has 3 rings (SSSR count). The van der Waals surface area contributed by atoms with Crippen LogP contribution in [0.15, 0.2) is 0 Å². The highest BCUT2D eigenvalue weighted by atomic mass is 16.1. The fourth-order valence-electron chi connectivity index (χ4n) is 5.20. The van der Waals surface area contributed by atoms with Crippen molar-refractivity contribution in [1.29, 1.82) is 0 Å². The van der Waals surface area contributed by atoms with Crippen molar-refractivity contribution in [3.63, 3.8) is 0 Å². The summed E-state index contributed by atoms with van der Waals surface area (Å²) >= 11 is 0. The van der Waals surface area contributed by atoms with E-state index in [9.17, 15) is 4.79 Å². The minimum atomic E-state index is 0.412. The number of ketones is 1. The van der Waals surface area contributed by atoms with Gasteiger partial charge in [-0.25, -0.2) is 0 Å². The lowest BCUT2D eigenvalue weighted by atomic mass is 9.62. The van der Waals surface area contributed by atoms with Crippen molar-refractivity contribution >= 4 is 5.78 Å². The molecule has 0 heterocycles. The fourth-order valence-corrected chi connectivity index (χ4v) is 5.20. The van der Waals surface area contributed by atoms with Crippen LogP contribution in [0.1, 0.15) is 52.9 Å². The summed E-state index contributed by atoms with van der Waals surface area (Å²) in [4.78, 5) is 11.6. The van der Waals surface area contributed by atoms with Crippen LogP contribution in [0.5, 0.6) is 0 Å². The van der Waals surface area contributed by atoms with Gasteiger partial charge in [-0.1, -0.05) is 27.2 Å². The summed E-state index contributed by atoms with van der Waals surface area (Å²) in [5.74, 6) is 1.27. The van der Waals surface area contributed by atoms with Gasteiger partial charge in [0.1, 0.15) is 5.78 Å². The van der Waals surface area contributed by atoms with Gasteiger partial charge in [0.25, 0.3) is 0 Å². The Bertz CT molecular complexity index is 304. The first-order valence-corrected chi connectivity index (χ1v) is 5.96. The first kappa shape index (κ1) is 8.94. The summed E-state index contributed by atoms with van der Waals surface area (Å²) < 4.78 is 0. The van der Waals surface area contributed by atoms with E-state index in [0.717, 1.165) is 18.8 Å². The zero-order valence-corrected chi connectivity index (χ0v) is 9.52. The third-order valence-electron chi connectivity index (χ3n) is 5.91. The second-order valence-corrected chi connectivity index (χ2v) is 6.60. The Labute approximate surface area is 86.3 Å². The van der Waals surface area contributed by atoms with Crippen molar-refractivity contribution in [2.75, 3.05) is 0 Å². The molecule has 0 aliphatic heterocycles. The SMILES string of the molecule is CC1(C)CCC[C@]2(C)[C@@H]3CC(=O)C[C@@]312. The molecule has 3 aliphatic rings. The van der Waals surface area contributed by atoms with Crippen molar-refractivity contribution in [3.05, 3.63) is 0 Å². The molecule has 1 heteroatoms. The molecule has 0 aromatic rings. The quantitative estimate of drug-likeness (QED) is 0.576. The third kappa shape index (κ3) is 0.666. The molecule has 0 aromatic carbocycles. The molecule has 14 heavy (non-hydrogen) atoms. The van der Waals surface area contributed by atoms with Crippen LogP contribution in [0.2, 0.25) is 0 Å². The third-order valence-corrected chi connectivity index (χ3v) is 5.91. The summed E-state index contributed by atoms with van der Waals surface area (Å²) in [5.41, 5.74) is 1.36. The molecule has 0 N–H and O–H groups in total. The Morgan fingerprint density at radius 3 is 2.64 bits per heavy atom. The highest BCUT2D eigenvalue weighted by Gasteiger charge is 2.81. The van der Waals surface area contributed by atoms with Gasteiger partial charge >= 0.3 is 0 Å². The van der Waals surface area contributed by atoms with Gasteiger partial charge in [0.05, 0.1) is 0 Å². The van der Waals surface area contributed by atoms with Gasteiger partial charge in [-0.2, -0.15) is 0 Å². The lowest BCUT2D eigenvalue weighted by Crippen LogP contribution is -2.35. The van der Waals surface area contributed by atoms with E-state index in [0.29, 0.717) is 22.0 Å². The topological polar surface area (TPSA) is 17.1 Å². The van der Waals surface area contributed by atoms with Crippen molar-refractivity contribution in [2.45, 2.75) is 52.9 Å². The highest BCUT2D eigenvalue weighted by Crippen LogP contribution is 2.86. The predicted octanol–water partition coefficient (Wildman–Crippen LogP) is 3.18. The van der Waals surface area contributed by atoms with E-state index in [4.69, 9.17) is 0 Å². The lowest BCUT2D eigenvalue weighted by Gasteiger charge is -2.42. The van der Waals surface area contributed by atoms with Crippen molar-refractivity contribution in [1.82, 2.24) is 0 Å². The Balaban J connectivity index is 2.06. The summed E-state index contributed by atoms with van der Waals surface area (Å²) in [7, 11) is 0. The van der Waals surface area contributed by atoms with Crippen LogP contribution in [0.3, 0.4) is 0 Å². The maximum absolute atomic E-state index is 11.6. The Hall–Kier alpha value is -0.330. The van der Waals surface area contributed by atoms with Crippen molar-refractivity contribution in [3.8, 4) is 0 Å². The van der Waals surface area contributed by atoms with E-state index < -0.39 is 0 Å². The molecule has 0 saturated heterocycles. The summed E-state index contributed by atoms with van der Waals surface area (Å²) in [5, 5.41) is 0. The molecule has 1 spiro atoms. The molecular formula is C13H20O. The lowest BCUT2D eigenvalue weighted by molar-refractivity contribution is -0.120. The molecule has 3 atom stereocenters. The smallest absolute Gasteiger partial charge is 0.133 e. The van der Waals surface area contributed by atoms with Crippen LogP contribution in [-0.4, -0.2) is 5.78 Å². The van der Waals surface area contributed by atoms with Crippen LogP contribution in [0, 0.1) is 22.2 Å². The largest absolute Gasteiger partial charge is 0.300 e. The van der Waals surface area contributed by atoms with Gasteiger partial charge in [-0.3, -0.25) is 4.79 Å². The number of hydrogen-bond acceptors (Lipinski definition) is 1. The maximum atomic E-state index is 11.6.